The molecular formula is C19H25N3O. The van der Waals surface area contributed by atoms with E-state index in [9.17, 15) is 4.79 Å². The van der Waals surface area contributed by atoms with Crippen LogP contribution in [-0.4, -0.2) is 25.0 Å². The van der Waals surface area contributed by atoms with E-state index in [0.29, 0.717) is 11.4 Å². The Labute approximate surface area is 138 Å². The topological polar surface area (TPSA) is 45.2 Å². The molecule has 23 heavy (non-hydrogen) atoms. The maximum Gasteiger partial charge on any atom is 0.259 e. The lowest BCUT2D eigenvalue weighted by Gasteiger charge is -2.20. The van der Waals surface area contributed by atoms with Crippen molar-refractivity contribution in [2.24, 2.45) is 0 Å². The number of nitrogens with zero attached hydrogens (tertiary/aromatic N) is 2. The van der Waals surface area contributed by atoms with Crippen LogP contribution in [0.1, 0.15) is 42.4 Å². The maximum absolute atomic E-state index is 12.6. The van der Waals surface area contributed by atoms with Gasteiger partial charge in [0.2, 0.25) is 0 Å². The highest BCUT2D eigenvalue weighted by molar-refractivity contribution is 6.07. The summed E-state index contributed by atoms with van der Waals surface area (Å²) in [7, 11) is 3.78. The number of nitrogens with one attached hydrogen (secondary N) is 1. The number of carbonyl (C=O) groups is 1. The van der Waals surface area contributed by atoms with Gasteiger partial charge in [0.1, 0.15) is 5.82 Å². The molecule has 0 spiro atoms. The summed E-state index contributed by atoms with van der Waals surface area (Å²) in [6.07, 6.45) is 0. The average molecular weight is 311 g/mol. The van der Waals surface area contributed by atoms with Crippen LogP contribution in [0.3, 0.4) is 0 Å². The van der Waals surface area contributed by atoms with Gasteiger partial charge >= 0.3 is 0 Å². The van der Waals surface area contributed by atoms with Gasteiger partial charge in [0, 0.05) is 25.5 Å². The van der Waals surface area contributed by atoms with Gasteiger partial charge in [0.15, 0.2) is 0 Å². The first-order valence-corrected chi connectivity index (χ1v) is 7.75. The molecule has 1 aromatic carbocycles. The molecule has 0 radical (unpaired) electrons. The molecule has 0 unspecified atom stereocenters. The smallest absolute Gasteiger partial charge is 0.259 e. The highest BCUT2D eigenvalue weighted by Gasteiger charge is 2.17. The van der Waals surface area contributed by atoms with E-state index < -0.39 is 0 Å². The Bertz CT molecular complexity index is 715. The standard InChI is InChI=1S/C19H25N3O/c1-13-10-11-16(17(20-13)22(5)6)18(23)21-15-9-7-8-14(12-15)19(2,3)4/h7-12H,1-6H3,(H,21,23). The molecule has 1 amide bonds. The number of carbonyl (C=O) groups excluding carboxylic acids is 1. The number of anilines is 2. The van der Waals surface area contributed by atoms with Crippen molar-refractivity contribution in [3.05, 3.63) is 53.2 Å². The van der Waals surface area contributed by atoms with Crippen molar-refractivity contribution < 1.29 is 4.79 Å². The zero-order chi connectivity index (χ0) is 17.2. The Balaban J connectivity index is 2.30. The van der Waals surface area contributed by atoms with E-state index in [2.05, 4.69) is 37.1 Å². The molecule has 0 aliphatic heterocycles. The summed E-state index contributed by atoms with van der Waals surface area (Å²) in [6, 6.07) is 11.7. The molecule has 0 aliphatic carbocycles. The molecule has 1 aromatic heterocycles. The third-order valence-electron chi connectivity index (χ3n) is 3.67. The third-order valence-corrected chi connectivity index (χ3v) is 3.67. The predicted octanol–water partition coefficient (Wildman–Crippen LogP) is 4.01. The Morgan fingerprint density at radius 3 is 2.43 bits per heavy atom. The summed E-state index contributed by atoms with van der Waals surface area (Å²) in [5.41, 5.74) is 3.49. The van der Waals surface area contributed by atoms with Gasteiger partial charge in [-0.3, -0.25) is 4.79 Å². The number of rotatable bonds is 3. The fraction of sp³-hybridized carbons (Fsp3) is 0.368. The van der Waals surface area contributed by atoms with Crippen molar-refractivity contribution >= 4 is 17.4 Å². The first kappa shape index (κ1) is 17.0. The fourth-order valence-electron chi connectivity index (χ4n) is 2.32. The molecule has 0 aliphatic rings. The van der Waals surface area contributed by atoms with E-state index in [4.69, 9.17) is 0 Å². The number of aromatic nitrogens is 1. The zero-order valence-corrected chi connectivity index (χ0v) is 14.8. The fourth-order valence-corrected chi connectivity index (χ4v) is 2.32. The van der Waals surface area contributed by atoms with Crippen molar-refractivity contribution in [1.82, 2.24) is 4.98 Å². The van der Waals surface area contributed by atoms with Crippen molar-refractivity contribution in [3.63, 3.8) is 0 Å². The third kappa shape index (κ3) is 4.09. The second-order valence-electron chi connectivity index (χ2n) is 7.00. The average Bonchev–Trinajstić information content (AvgIpc) is 2.46. The van der Waals surface area contributed by atoms with Crippen LogP contribution in [0.15, 0.2) is 36.4 Å². The minimum atomic E-state index is -0.146. The van der Waals surface area contributed by atoms with Crippen LogP contribution in [0.4, 0.5) is 11.5 Å². The molecule has 0 fully saturated rings. The van der Waals surface area contributed by atoms with Crippen molar-refractivity contribution in [2.45, 2.75) is 33.1 Å². The van der Waals surface area contributed by atoms with E-state index in [1.165, 1.54) is 5.56 Å². The molecule has 1 heterocycles. The maximum atomic E-state index is 12.6. The highest BCUT2D eigenvalue weighted by Crippen LogP contribution is 2.25. The van der Waals surface area contributed by atoms with Crippen LogP contribution in [-0.2, 0) is 5.41 Å². The number of hydrogen-bond acceptors (Lipinski definition) is 3. The van der Waals surface area contributed by atoms with Crippen LogP contribution >= 0.6 is 0 Å². The Morgan fingerprint density at radius 2 is 1.83 bits per heavy atom. The lowest BCUT2D eigenvalue weighted by atomic mass is 9.87. The van der Waals surface area contributed by atoms with Gasteiger partial charge in [0.05, 0.1) is 5.56 Å². The van der Waals surface area contributed by atoms with Crippen LogP contribution in [0.25, 0.3) is 0 Å². The van der Waals surface area contributed by atoms with Crippen molar-refractivity contribution in [1.29, 1.82) is 0 Å². The number of aryl methyl sites for hydroxylation is 1. The van der Waals surface area contributed by atoms with Crippen LogP contribution < -0.4 is 10.2 Å². The van der Waals surface area contributed by atoms with Crippen LogP contribution in [0.5, 0.6) is 0 Å². The molecule has 1 N–H and O–H groups in total. The summed E-state index contributed by atoms with van der Waals surface area (Å²) in [4.78, 5) is 18.9. The zero-order valence-electron chi connectivity index (χ0n) is 14.8. The number of amides is 1. The first-order chi connectivity index (χ1) is 10.7. The molecule has 0 saturated carbocycles. The molecule has 0 atom stereocenters. The second kappa shape index (κ2) is 6.41. The monoisotopic (exact) mass is 311 g/mol. The summed E-state index contributed by atoms with van der Waals surface area (Å²) >= 11 is 0. The number of hydrogen-bond donors (Lipinski definition) is 1. The first-order valence-electron chi connectivity index (χ1n) is 7.75. The van der Waals surface area contributed by atoms with Gasteiger partial charge in [0.25, 0.3) is 5.91 Å². The SMILES string of the molecule is Cc1ccc(C(=O)Nc2cccc(C(C)(C)C)c2)c(N(C)C)n1. The van der Waals surface area contributed by atoms with E-state index in [-0.39, 0.29) is 11.3 Å². The molecule has 4 nitrogen and oxygen atoms in total. The van der Waals surface area contributed by atoms with Gasteiger partial charge < -0.3 is 10.2 Å². The quantitative estimate of drug-likeness (QED) is 0.931. The highest BCUT2D eigenvalue weighted by atomic mass is 16.1. The molecule has 2 aromatic rings. The van der Waals surface area contributed by atoms with Crippen LogP contribution in [0, 0.1) is 6.92 Å². The lowest BCUT2D eigenvalue weighted by Crippen LogP contribution is -2.20. The molecule has 2 rings (SSSR count). The van der Waals surface area contributed by atoms with Crippen molar-refractivity contribution in [3.8, 4) is 0 Å². The number of pyridine rings is 1. The predicted molar refractivity (Wildman–Crippen MR) is 96.4 cm³/mol. The van der Waals surface area contributed by atoms with E-state index >= 15 is 0 Å². The summed E-state index contributed by atoms with van der Waals surface area (Å²) in [6.45, 7) is 8.38. The van der Waals surface area contributed by atoms with Gasteiger partial charge in [-0.25, -0.2) is 4.98 Å². The van der Waals surface area contributed by atoms with Crippen LogP contribution in [0.2, 0.25) is 0 Å². The second-order valence-corrected chi connectivity index (χ2v) is 7.00. The summed E-state index contributed by atoms with van der Waals surface area (Å²) in [5.74, 6) is 0.529. The largest absolute Gasteiger partial charge is 0.362 e. The van der Waals surface area contributed by atoms with E-state index in [0.717, 1.165) is 11.4 Å². The van der Waals surface area contributed by atoms with Gasteiger partial charge in [-0.15, -0.1) is 0 Å². The van der Waals surface area contributed by atoms with Crippen molar-refractivity contribution in [2.75, 3.05) is 24.3 Å². The lowest BCUT2D eigenvalue weighted by molar-refractivity contribution is 0.102. The molecule has 4 heteroatoms. The van der Waals surface area contributed by atoms with E-state index in [1.54, 1.807) is 0 Å². The molecule has 0 saturated heterocycles. The minimum absolute atomic E-state index is 0.0426. The van der Waals surface area contributed by atoms with Gasteiger partial charge in [-0.2, -0.15) is 0 Å². The van der Waals surface area contributed by atoms with Gasteiger partial charge in [-0.1, -0.05) is 32.9 Å². The Kier molecular flexibility index (Phi) is 4.73. The van der Waals surface area contributed by atoms with Gasteiger partial charge in [-0.05, 0) is 42.2 Å². The minimum Gasteiger partial charge on any atom is -0.362 e. The normalized spacial score (nSPS) is 11.2. The number of benzene rings is 1. The molecule has 122 valence electrons. The molecule has 0 bridgehead atoms. The Hall–Kier alpha value is -2.36. The summed E-state index contributed by atoms with van der Waals surface area (Å²) < 4.78 is 0. The van der Waals surface area contributed by atoms with E-state index in [1.807, 2.05) is 56.3 Å². The summed E-state index contributed by atoms with van der Waals surface area (Å²) in [5, 5.41) is 2.98. The molecular weight excluding hydrogens is 286 g/mol. The Morgan fingerprint density at radius 1 is 1.13 bits per heavy atom.